The second-order valence-electron chi connectivity index (χ2n) is 3.53. The van der Waals surface area contributed by atoms with Crippen molar-refractivity contribution >= 4 is 0 Å². The van der Waals surface area contributed by atoms with Crippen LogP contribution >= 0.6 is 0 Å². The first-order chi connectivity index (χ1) is 6.20. The largest absolute Gasteiger partial charge is 0.0914 e. The van der Waals surface area contributed by atoms with Crippen molar-refractivity contribution in [3.05, 3.63) is 36.0 Å². The third kappa shape index (κ3) is 7.58. The summed E-state index contributed by atoms with van der Waals surface area (Å²) in [5.74, 6) is 0.664. The molecule has 1 unspecified atom stereocenters. The molecule has 0 aromatic heterocycles. The SMILES string of the molecule is CC=CC(C)CC=CC=C(C)CC. The lowest BCUT2D eigenvalue weighted by atomic mass is 10.1. The van der Waals surface area contributed by atoms with Gasteiger partial charge in [0.2, 0.25) is 0 Å². The highest BCUT2D eigenvalue weighted by molar-refractivity contribution is 5.10. The van der Waals surface area contributed by atoms with E-state index in [0.717, 1.165) is 12.8 Å². The van der Waals surface area contributed by atoms with Crippen LogP contribution in [0.4, 0.5) is 0 Å². The Hall–Kier alpha value is -0.780. The predicted molar refractivity (Wildman–Crippen MR) is 61.8 cm³/mol. The van der Waals surface area contributed by atoms with E-state index in [-0.39, 0.29) is 0 Å². The van der Waals surface area contributed by atoms with Crippen molar-refractivity contribution in [2.75, 3.05) is 0 Å². The average Bonchev–Trinajstić information content (AvgIpc) is 2.12. The second-order valence-corrected chi connectivity index (χ2v) is 3.53. The molecule has 0 heteroatoms. The van der Waals surface area contributed by atoms with Crippen LogP contribution in [0.3, 0.4) is 0 Å². The van der Waals surface area contributed by atoms with E-state index in [9.17, 15) is 0 Å². The van der Waals surface area contributed by atoms with Crippen molar-refractivity contribution in [2.24, 2.45) is 5.92 Å². The van der Waals surface area contributed by atoms with E-state index in [4.69, 9.17) is 0 Å². The van der Waals surface area contributed by atoms with Gasteiger partial charge in [-0.3, -0.25) is 0 Å². The van der Waals surface area contributed by atoms with Gasteiger partial charge in [-0.1, -0.05) is 49.8 Å². The third-order valence-corrected chi connectivity index (χ3v) is 2.10. The van der Waals surface area contributed by atoms with Crippen LogP contribution in [0.15, 0.2) is 36.0 Å². The van der Waals surface area contributed by atoms with Crippen molar-refractivity contribution in [3.63, 3.8) is 0 Å². The van der Waals surface area contributed by atoms with Crippen LogP contribution in [0, 0.1) is 5.92 Å². The van der Waals surface area contributed by atoms with Gasteiger partial charge in [0.05, 0.1) is 0 Å². The van der Waals surface area contributed by atoms with Gasteiger partial charge in [0, 0.05) is 0 Å². The summed E-state index contributed by atoms with van der Waals surface area (Å²) in [7, 11) is 0. The van der Waals surface area contributed by atoms with Crippen LogP contribution in [-0.2, 0) is 0 Å². The molecule has 0 bridgehead atoms. The van der Waals surface area contributed by atoms with Gasteiger partial charge in [-0.2, -0.15) is 0 Å². The number of rotatable bonds is 5. The van der Waals surface area contributed by atoms with Gasteiger partial charge in [-0.15, -0.1) is 0 Å². The molecule has 0 fully saturated rings. The van der Waals surface area contributed by atoms with Gasteiger partial charge >= 0.3 is 0 Å². The van der Waals surface area contributed by atoms with Crippen LogP contribution in [0.5, 0.6) is 0 Å². The molecule has 0 aliphatic heterocycles. The van der Waals surface area contributed by atoms with Crippen LogP contribution in [-0.4, -0.2) is 0 Å². The van der Waals surface area contributed by atoms with Crippen molar-refractivity contribution in [1.29, 1.82) is 0 Å². The van der Waals surface area contributed by atoms with Gasteiger partial charge in [0.25, 0.3) is 0 Å². The summed E-state index contributed by atoms with van der Waals surface area (Å²) < 4.78 is 0. The molecule has 74 valence electrons. The van der Waals surface area contributed by atoms with Gasteiger partial charge < -0.3 is 0 Å². The summed E-state index contributed by atoms with van der Waals surface area (Å²) in [6, 6.07) is 0. The van der Waals surface area contributed by atoms with Crippen LogP contribution in [0.2, 0.25) is 0 Å². The molecule has 0 aromatic carbocycles. The Labute approximate surface area is 83.0 Å². The molecule has 1 atom stereocenters. The van der Waals surface area contributed by atoms with Crippen molar-refractivity contribution in [1.82, 2.24) is 0 Å². The smallest absolute Gasteiger partial charge is 0.0227 e. The molecule has 0 heterocycles. The highest BCUT2D eigenvalue weighted by Crippen LogP contribution is 2.05. The van der Waals surface area contributed by atoms with Crippen molar-refractivity contribution in [2.45, 2.75) is 40.5 Å². The average molecular weight is 178 g/mol. The molecule has 0 saturated carbocycles. The Morgan fingerprint density at radius 3 is 2.62 bits per heavy atom. The Morgan fingerprint density at radius 2 is 2.08 bits per heavy atom. The quantitative estimate of drug-likeness (QED) is 0.429. The molecule has 0 saturated heterocycles. The Balaban J connectivity index is 3.75. The fourth-order valence-electron chi connectivity index (χ4n) is 1.05. The predicted octanol–water partition coefficient (Wildman–Crippen LogP) is 4.50. The van der Waals surface area contributed by atoms with Gasteiger partial charge in [-0.25, -0.2) is 0 Å². The van der Waals surface area contributed by atoms with E-state index in [0.29, 0.717) is 5.92 Å². The summed E-state index contributed by atoms with van der Waals surface area (Å²) in [4.78, 5) is 0. The van der Waals surface area contributed by atoms with Crippen LogP contribution < -0.4 is 0 Å². The highest BCUT2D eigenvalue weighted by Gasteiger charge is 1.90. The van der Waals surface area contributed by atoms with E-state index in [2.05, 4.69) is 58.1 Å². The minimum absolute atomic E-state index is 0.664. The van der Waals surface area contributed by atoms with E-state index in [1.165, 1.54) is 5.57 Å². The lowest BCUT2D eigenvalue weighted by Gasteiger charge is -1.98. The van der Waals surface area contributed by atoms with Crippen LogP contribution in [0.1, 0.15) is 40.5 Å². The normalized spacial score (nSPS) is 15.8. The van der Waals surface area contributed by atoms with E-state index < -0.39 is 0 Å². The van der Waals surface area contributed by atoms with Crippen molar-refractivity contribution < 1.29 is 0 Å². The van der Waals surface area contributed by atoms with E-state index in [1.807, 2.05) is 0 Å². The zero-order chi connectivity index (χ0) is 10.1. The first-order valence-electron chi connectivity index (χ1n) is 5.15. The zero-order valence-electron chi connectivity index (χ0n) is 9.38. The lowest BCUT2D eigenvalue weighted by molar-refractivity contribution is 0.743. The van der Waals surface area contributed by atoms with Gasteiger partial charge in [0.15, 0.2) is 0 Å². The molecule has 0 amide bonds. The molecule has 0 aliphatic rings. The fourth-order valence-corrected chi connectivity index (χ4v) is 1.05. The summed E-state index contributed by atoms with van der Waals surface area (Å²) >= 11 is 0. The Kier molecular flexibility index (Phi) is 7.38. The molecular formula is C13H22. The lowest BCUT2D eigenvalue weighted by Crippen LogP contribution is -1.84. The highest BCUT2D eigenvalue weighted by atomic mass is 14.0. The topological polar surface area (TPSA) is 0 Å². The van der Waals surface area contributed by atoms with Crippen LogP contribution in [0.25, 0.3) is 0 Å². The molecule has 0 rings (SSSR count). The number of allylic oxidation sites excluding steroid dienone is 6. The van der Waals surface area contributed by atoms with Gasteiger partial charge in [0.1, 0.15) is 0 Å². The molecule has 0 aliphatic carbocycles. The standard InChI is InChI=1S/C13H22/c1-5-9-13(4)11-8-7-10-12(3)6-2/h5,7-10,13H,6,11H2,1-4H3. The second kappa shape index (κ2) is 7.85. The minimum atomic E-state index is 0.664. The molecule has 0 radical (unpaired) electrons. The molecule has 0 spiro atoms. The minimum Gasteiger partial charge on any atom is -0.0914 e. The molecule has 0 nitrogen and oxygen atoms in total. The van der Waals surface area contributed by atoms with E-state index in [1.54, 1.807) is 0 Å². The summed E-state index contributed by atoms with van der Waals surface area (Å²) in [5.41, 5.74) is 1.44. The maximum Gasteiger partial charge on any atom is -0.0227 e. The third-order valence-electron chi connectivity index (χ3n) is 2.10. The first kappa shape index (κ1) is 12.2. The number of hydrogen-bond acceptors (Lipinski definition) is 0. The fraction of sp³-hybridized carbons (Fsp3) is 0.538. The molecule has 0 aromatic rings. The Bertz CT molecular complexity index is 194. The first-order valence-corrected chi connectivity index (χ1v) is 5.15. The zero-order valence-corrected chi connectivity index (χ0v) is 9.38. The maximum atomic E-state index is 2.24. The van der Waals surface area contributed by atoms with Gasteiger partial charge in [-0.05, 0) is 32.6 Å². The molecular weight excluding hydrogens is 156 g/mol. The monoisotopic (exact) mass is 178 g/mol. The summed E-state index contributed by atoms with van der Waals surface area (Å²) in [6.45, 7) is 8.66. The van der Waals surface area contributed by atoms with Crippen molar-refractivity contribution in [3.8, 4) is 0 Å². The summed E-state index contributed by atoms with van der Waals surface area (Å²) in [5, 5.41) is 0. The maximum absolute atomic E-state index is 2.24. The Morgan fingerprint density at radius 1 is 1.38 bits per heavy atom. The van der Waals surface area contributed by atoms with E-state index >= 15 is 0 Å². The summed E-state index contributed by atoms with van der Waals surface area (Å²) in [6.07, 6.45) is 13.2. The molecule has 0 N–H and O–H groups in total. The molecule has 13 heavy (non-hydrogen) atoms. The number of hydrogen-bond donors (Lipinski definition) is 0.